The number of halogens is 2. The first-order chi connectivity index (χ1) is 3.79. The van der Waals surface area contributed by atoms with Gasteiger partial charge in [-0.2, -0.15) is 0 Å². The molecule has 0 spiro atoms. The smallest absolute Gasteiger partial charge is 0.0953 e. The van der Waals surface area contributed by atoms with Gasteiger partial charge >= 0.3 is 0 Å². The van der Waals surface area contributed by atoms with Crippen LogP contribution in [0.15, 0.2) is 0 Å². The monoisotopic (exact) mass is 154 g/mol. The fourth-order valence-corrected chi connectivity index (χ4v) is 0.996. The highest BCUT2D eigenvalue weighted by Crippen LogP contribution is 2.11. The number of hydrazine groups is 1. The van der Waals surface area contributed by atoms with Gasteiger partial charge in [0.1, 0.15) is 0 Å². The highest BCUT2D eigenvalue weighted by Gasteiger charge is 2.14. The lowest BCUT2D eigenvalue weighted by molar-refractivity contribution is 0.386. The first kappa shape index (κ1) is 6.62. The van der Waals surface area contributed by atoms with E-state index in [1.165, 1.54) is 0 Å². The van der Waals surface area contributed by atoms with E-state index in [0.29, 0.717) is 0 Å². The van der Waals surface area contributed by atoms with E-state index in [-0.39, 0.29) is 11.0 Å². The Morgan fingerprint density at radius 2 is 1.38 bits per heavy atom. The van der Waals surface area contributed by atoms with E-state index in [1.54, 1.807) is 0 Å². The SMILES string of the molecule is ClC1CCC(Cl)NN1. The van der Waals surface area contributed by atoms with Crippen molar-refractivity contribution in [3.63, 3.8) is 0 Å². The van der Waals surface area contributed by atoms with Crippen molar-refractivity contribution in [1.82, 2.24) is 10.9 Å². The molecule has 1 aliphatic rings. The van der Waals surface area contributed by atoms with Crippen LogP contribution in [0.4, 0.5) is 0 Å². The lowest BCUT2D eigenvalue weighted by Crippen LogP contribution is -2.46. The summed E-state index contributed by atoms with van der Waals surface area (Å²) in [5.74, 6) is 0. The van der Waals surface area contributed by atoms with E-state index < -0.39 is 0 Å². The van der Waals surface area contributed by atoms with Crippen molar-refractivity contribution in [3.8, 4) is 0 Å². The minimum atomic E-state index is 0.0463. The third-order valence-corrected chi connectivity index (χ3v) is 1.72. The molecule has 0 radical (unpaired) electrons. The molecule has 1 fully saturated rings. The third kappa shape index (κ3) is 1.78. The topological polar surface area (TPSA) is 24.1 Å². The Hall–Kier alpha value is 0.500. The van der Waals surface area contributed by atoms with Crippen LogP contribution >= 0.6 is 23.2 Å². The molecule has 1 heterocycles. The second kappa shape index (κ2) is 2.87. The molecule has 1 rings (SSSR count). The lowest BCUT2D eigenvalue weighted by atomic mass is 10.3. The molecule has 0 amide bonds. The highest BCUT2D eigenvalue weighted by molar-refractivity contribution is 6.21. The average Bonchev–Trinajstić information content (AvgIpc) is 1.77. The van der Waals surface area contributed by atoms with E-state index in [4.69, 9.17) is 23.2 Å². The maximum Gasteiger partial charge on any atom is 0.0953 e. The summed E-state index contributed by atoms with van der Waals surface area (Å²) in [7, 11) is 0. The zero-order valence-electron chi connectivity index (χ0n) is 4.32. The summed E-state index contributed by atoms with van der Waals surface area (Å²) in [5.41, 5.74) is 5.72. The van der Waals surface area contributed by atoms with Crippen molar-refractivity contribution in [1.29, 1.82) is 0 Å². The van der Waals surface area contributed by atoms with E-state index in [2.05, 4.69) is 10.9 Å². The van der Waals surface area contributed by atoms with Gasteiger partial charge < -0.3 is 0 Å². The Bertz CT molecular complexity index is 60.4. The molecule has 2 N–H and O–H groups in total. The van der Waals surface area contributed by atoms with E-state index in [0.717, 1.165) is 12.8 Å². The second-order valence-corrected chi connectivity index (χ2v) is 2.85. The number of hydrogen-bond donors (Lipinski definition) is 2. The Morgan fingerprint density at radius 1 is 1.00 bits per heavy atom. The van der Waals surface area contributed by atoms with Crippen LogP contribution < -0.4 is 10.9 Å². The van der Waals surface area contributed by atoms with Crippen LogP contribution in [0.25, 0.3) is 0 Å². The molecule has 2 unspecified atom stereocenters. The summed E-state index contributed by atoms with van der Waals surface area (Å²) in [6, 6.07) is 0. The fraction of sp³-hybridized carbons (Fsp3) is 1.00. The van der Waals surface area contributed by atoms with Gasteiger partial charge in [0, 0.05) is 0 Å². The van der Waals surface area contributed by atoms with Gasteiger partial charge in [-0.1, -0.05) is 0 Å². The zero-order valence-corrected chi connectivity index (χ0v) is 5.84. The van der Waals surface area contributed by atoms with Gasteiger partial charge in [-0.05, 0) is 12.8 Å². The molecule has 2 nitrogen and oxygen atoms in total. The molecule has 8 heavy (non-hydrogen) atoms. The molecule has 1 aliphatic heterocycles. The fourth-order valence-electron chi connectivity index (χ4n) is 0.618. The number of alkyl halides is 2. The summed E-state index contributed by atoms with van der Waals surface area (Å²) in [5, 5.41) is 0. The molecule has 0 aromatic carbocycles. The largest absolute Gasteiger partial charge is 0.238 e. The standard InChI is InChI=1S/C4H8Cl2N2/c5-3-1-2-4(6)8-7-3/h3-4,7-8H,1-2H2. The normalized spacial score (nSPS) is 39.8. The number of rotatable bonds is 0. The molecule has 2 atom stereocenters. The van der Waals surface area contributed by atoms with Crippen LogP contribution in [0.5, 0.6) is 0 Å². The van der Waals surface area contributed by atoms with E-state index in [9.17, 15) is 0 Å². The molecular weight excluding hydrogens is 147 g/mol. The van der Waals surface area contributed by atoms with Crippen LogP contribution in [0.3, 0.4) is 0 Å². The molecule has 4 heteroatoms. The van der Waals surface area contributed by atoms with Crippen molar-refractivity contribution in [3.05, 3.63) is 0 Å². The quantitative estimate of drug-likeness (QED) is 0.402. The van der Waals surface area contributed by atoms with Gasteiger partial charge in [-0.3, -0.25) is 0 Å². The molecular formula is C4H8Cl2N2. The molecule has 1 saturated heterocycles. The molecule has 48 valence electrons. The Balaban J connectivity index is 2.19. The molecule has 0 bridgehead atoms. The second-order valence-electron chi connectivity index (χ2n) is 1.80. The Kier molecular flexibility index (Phi) is 2.38. The summed E-state index contributed by atoms with van der Waals surface area (Å²) in [6.07, 6.45) is 1.87. The van der Waals surface area contributed by atoms with Crippen molar-refractivity contribution < 1.29 is 0 Å². The maximum absolute atomic E-state index is 5.65. The Morgan fingerprint density at radius 3 is 1.62 bits per heavy atom. The van der Waals surface area contributed by atoms with Crippen LogP contribution in [-0.2, 0) is 0 Å². The molecule has 0 aliphatic carbocycles. The molecule has 0 aromatic rings. The predicted molar refractivity (Wildman–Crippen MR) is 34.8 cm³/mol. The van der Waals surface area contributed by atoms with Gasteiger partial charge in [-0.25, -0.2) is 10.9 Å². The van der Waals surface area contributed by atoms with Gasteiger partial charge in [0.25, 0.3) is 0 Å². The van der Waals surface area contributed by atoms with Crippen molar-refractivity contribution in [2.45, 2.75) is 23.8 Å². The number of nitrogens with one attached hydrogen (secondary N) is 2. The number of hydrogen-bond acceptors (Lipinski definition) is 2. The minimum Gasteiger partial charge on any atom is -0.238 e. The zero-order chi connectivity index (χ0) is 5.98. The van der Waals surface area contributed by atoms with Crippen LogP contribution in [0.1, 0.15) is 12.8 Å². The summed E-state index contributed by atoms with van der Waals surface area (Å²) < 4.78 is 0. The first-order valence-corrected chi connectivity index (χ1v) is 3.45. The summed E-state index contributed by atoms with van der Waals surface area (Å²) >= 11 is 11.3. The Labute approximate surface area is 58.5 Å². The first-order valence-electron chi connectivity index (χ1n) is 2.58. The molecule has 0 saturated carbocycles. The maximum atomic E-state index is 5.65. The van der Waals surface area contributed by atoms with Crippen molar-refractivity contribution in [2.75, 3.05) is 0 Å². The van der Waals surface area contributed by atoms with Crippen LogP contribution in [-0.4, -0.2) is 11.0 Å². The average molecular weight is 155 g/mol. The molecule has 0 aromatic heterocycles. The van der Waals surface area contributed by atoms with Gasteiger partial charge in [0.05, 0.1) is 11.0 Å². The van der Waals surface area contributed by atoms with Crippen molar-refractivity contribution in [2.24, 2.45) is 0 Å². The van der Waals surface area contributed by atoms with E-state index in [1.807, 2.05) is 0 Å². The van der Waals surface area contributed by atoms with Crippen molar-refractivity contribution >= 4 is 23.2 Å². The highest BCUT2D eigenvalue weighted by atomic mass is 35.5. The van der Waals surface area contributed by atoms with Crippen LogP contribution in [0.2, 0.25) is 0 Å². The van der Waals surface area contributed by atoms with Crippen LogP contribution in [0, 0.1) is 0 Å². The third-order valence-electron chi connectivity index (χ3n) is 1.07. The summed E-state index contributed by atoms with van der Waals surface area (Å²) in [6.45, 7) is 0. The van der Waals surface area contributed by atoms with Gasteiger partial charge in [0.15, 0.2) is 0 Å². The van der Waals surface area contributed by atoms with Gasteiger partial charge in [-0.15, -0.1) is 23.2 Å². The summed E-state index contributed by atoms with van der Waals surface area (Å²) in [4.78, 5) is 0. The lowest BCUT2D eigenvalue weighted by Gasteiger charge is -2.22. The minimum absolute atomic E-state index is 0.0463. The predicted octanol–water partition coefficient (Wildman–Crippen LogP) is 1.00. The van der Waals surface area contributed by atoms with E-state index >= 15 is 0 Å². The van der Waals surface area contributed by atoms with Gasteiger partial charge in [0.2, 0.25) is 0 Å².